The number of carbonyl (C=O) groups excluding carboxylic acids is 2. The molecule has 38 heavy (non-hydrogen) atoms. The number of rotatable bonds is 5. The second kappa shape index (κ2) is 8.75. The van der Waals surface area contributed by atoms with Crippen molar-refractivity contribution in [1.82, 2.24) is 19.5 Å². The van der Waals surface area contributed by atoms with Crippen molar-refractivity contribution in [3.63, 3.8) is 0 Å². The van der Waals surface area contributed by atoms with Crippen LogP contribution in [0.2, 0.25) is 0 Å². The van der Waals surface area contributed by atoms with E-state index in [1.807, 2.05) is 23.1 Å². The largest absolute Gasteiger partial charge is 0.423 e. The van der Waals surface area contributed by atoms with E-state index in [0.29, 0.717) is 23.6 Å². The first-order valence-corrected chi connectivity index (χ1v) is 13.3. The maximum Gasteiger partial charge on any atom is 0.314 e. The topological polar surface area (TPSA) is 76.8 Å². The van der Waals surface area contributed by atoms with Gasteiger partial charge in [-0.05, 0) is 68.4 Å². The summed E-state index contributed by atoms with van der Waals surface area (Å²) in [4.78, 5) is 32.4. The Morgan fingerprint density at radius 2 is 1.84 bits per heavy atom. The molecule has 1 aliphatic heterocycles. The fourth-order valence-electron chi connectivity index (χ4n) is 5.40. The van der Waals surface area contributed by atoms with Crippen molar-refractivity contribution in [3.8, 4) is 17.0 Å². The maximum atomic E-state index is 15.4. The summed E-state index contributed by atoms with van der Waals surface area (Å²) in [7, 11) is 0. The van der Waals surface area contributed by atoms with Crippen LogP contribution in [0.4, 0.5) is 4.39 Å². The number of aromatic nitrogens is 3. The lowest BCUT2D eigenvalue weighted by atomic mass is 9.93. The number of nitrogens with zero attached hydrogens (tertiary/aromatic N) is 4. The van der Waals surface area contributed by atoms with Crippen molar-refractivity contribution >= 4 is 17.5 Å². The Morgan fingerprint density at radius 1 is 1.03 bits per heavy atom. The third-order valence-electron chi connectivity index (χ3n) is 7.89. The monoisotopic (exact) mass is 510 g/mol. The zero-order valence-corrected chi connectivity index (χ0v) is 21.1. The van der Waals surface area contributed by atoms with Crippen LogP contribution in [0.1, 0.15) is 71.9 Å². The van der Waals surface area contributed by atoms with Gasteiger partial charge in [0.25, 0.3) is 5.91 Å². The summed E-state index contributed by atoms with van der Waals surface area (Å²) in [6.07, 6.45) is 4.40. The fourth-order valence-corrected chi connectivity index (χ4v) is 5.40. The van der Waals surface area contributed by atoms with Crippen molar-refractivity contribution in [1.29, 1.82) is 0 Å². The lowest BCUT2D eigenvalue weighted by Crippen LogP contribution is -2.39. The predicted molar refractivity (Wildman–Crippen MR) is 138 cm³/mol. The minimum Gasteiger partial charge on any atom is -0.423 e. The van der Waals surface area contributed by atoms with E-state index in [4.69, 9.17) is 9.72 Å². The molecular formula is C30H27FN4O3. The zero-order chi connectivity index (χ0) is 26.0. The van der Waals surface area contributed by atoms with E-state index in [-0.39, 0.29) is 35.1 Å². The summed E-state index contributed by atoms with van der Waals surface area (Å²) in [5, 5.41) is 4.68. The minimum atomic E-state index is -0.630. The van der Waals surface area contributed by atoms with E-state index < -0.39 is 11.8 Å². The molecule has 0 N–H and O–H groups in total. The molecule has 3 aliphatic rings. The van der Waals surface area contributed by atoms with Crippen LogP contribution in [0.3, 0.4) is 0 Å². The van der Waals surface area contributed by atoms with Gasteiger partial charge in [0, 0.05) is 29.8 Å². The highest BCUT2D eigenvalue weighted by atomic mass is 19.1. The van der Waals surface area contributed by atoms with Crippen molar-refractivity contribution in [2.45, 2.75) is 51.0 Å². The van der Waals surface area contributed by atoms with E-state index in [9.17, 15) is 9.59 Å². The smallest absolute Gasteiger partial charge is 0.314 e. The van der Waals surface area contributed by atoms with Crippen molar-refractivity contribution in [2.24, 2.45) is 5.92 Å². The number of hydrogen-bond donors (Lipinski definition) is 0. The number of ether oxygens (including phenoxy) is 1. The Labute approximate surface area is 219 Å². The maximum absolute atomic E-state index is 15.4. The van der Waals surface area contributed by atoms with E-state index in [1.54, 1.807) is 22.7 Å². The van der Waals surface area contributed by atoms with Gasteiger partial charge in [-0.15, -0.1) is 0 Å². The molecule has 7 nitrogen and oxygen atoms in total. The normalized spacial score (nSPS) is 18.9. The average molecular weight is 511 g/mol. The zero-order valence-electron chi connectivity index (χ0n) is 21.1. The number of benzene rings is 2. The van der Waals surface area contributed by atoms with Crippen molar-refractivity contribution < 1.29 is 18.7 Å². The van der Waals surface area contributed by atoms with Gasteiger partial charge in [0.1, 0.15) is 5.69 Å². The van der Waals surface area contributed by atoms with Gasteiger partial charge in [-0.2, -0.15) is 5.10 Å². The lowest BCUT2D eigenvalue weighted by molar-refractivity contribution is -0.136. The Kier molecular flexibility index (Phi) is 5.32. The van der Waals surface area contributed by atoms with Crippen LogP contribution >= 0.6 is 0 Å². The molecule has 1 amide bonds. The molecule has 0 radical (unpaired) electrons. The molecule has 3 heterocycles. The molecule has 2 aromatic carbocycles. The van der Waals surface area contributed by atoms with E-state index >= 15 is 4.39 Å². The molecule has 2 aliphatic carbocycles. The SMILES string of the molecule is C[C@@H]1c2ccccc2CCN1C(=O)c1cc(C2CC2)n2nc(-c3cccc(OC(=O)C4CC4)c3F)cc2n1. The number of carbonyl (C=O) groups is 2. The Morgan fingerprint density at radius 3 is 2.63 bits per heavy atom. The Balaban J connectivity index is 1.25. The highest BCUT2D eigenvalue weighted by Gasteiger charge is 2.34. The number of esters is 1. The van der Waals surface area contributed by atoms with Gasteiger partial charge < -0.3 is 9.64 Å². The van der Waals surface area contributed by atoms with Crippen molar-refractivity contribution in [2.75, 3.05) is 6.54 Å². The third-order valence-corrected chi connectivity index (χ3v) is 7.89. The van der Waals surface area contributed by atoms with Crippen LogP contribution < -0.4 is 4.74 Å². The molecule has 0 saturated heterocycles. The minimum absolute atomic E-state index is 0.0505. The van der Waals surface area contributed by atoms with Gasteiger partial charge >= 0.3 is 5.97 Å². The summed E-state index contributed by atoms with van der Waals surface area (Å²) in [5.41, 5.74) is 4.84. The van der Waals surface area contributed by atoms with Crippen LogP contribution in [0.5, 0.6) is 5.75 Å². The molecule has 192 valence electrons. The van der Waals surface area contributed by atoms with Crippen LogP contribution in [0.15, 0.2) is 54.6 Å². The molecule has 2 saturated carbocycles. The summed E-state index contributed by atoms with van der Waals surface area (Å²) < 4.78 is 22.4. The molecule has 2 fully saturated rings. The second-order valence-electron chi connectivity index (χ2n) is 10.6. The molecular weight excluding hydrogens is 483 g/mol. The van der Waals surface area contributed by atoms with Gasteiger partial charge in [0.2, 0.25) is 0 Å². The third kappa shape index (κ3) is 3.95. The van der Waals surface area contributed by atoms with Gasteiger partial charge in [-0.3, -0.25) is 9.59 Å². The molecule has 7 rings (SSSR count). The first-order chi connectivity index (χ1) is 18.5. The molecule has 0 spiro atoms. The highest BCUT2D eigenvalue weighted by Crippen LogP contribution is 2.41. The van der Waals surface area contributed by atoms with Crippen LogP contribution in [0.25, 0.3) is 16.9 Å². The van der Waals surface area contributed by atoms with Gasteiger partial charge in [0.15, 0.2) is 17.2 Å². The number of fused-ring (bicyclic) bond motifs is 2. The highest BCUT2D eigenvalue weighted by molar-refractivity contribution is 5.93. The molecule has 2 aromatic heterocycles. The van der Waals surface area contributed by atoms with Gasteiger partial charge in [-0.25, -0.2) is 13.9 Å². The number of hydrogen-bond acceptors (Lipinski definition) is 5. The molecule has 4 aromatic rings. The van der Waals surface area contributed by atoms with Crippen LogP contribution in [-0.4, -0.2) is 37.9 Å². The standard InChI is InChI=1S/C30H27FN4O3/c1-17-21-6-3-2-5-18(21)13-14-34(17)29(36)24-15-25(19-9-10-19)35-27(32-24)16-23(33-35)22-7-4-8-26(28(22)31)38-30(37)20-11-12-20/h2-8,15-17,19-20H,9-14H2,1H3/t17-/m1/s1. The summed E-state index contributed by atoms with van der Waals surface area (Å²) >= 11 is 0. The van der Waals surface area contributed by atoms with E-state index in [2.05, 4.69) is 24.2 Å². The summed E-state index contributed by atoms with van der Waals surface area (Å²) in [5.74, 6) is -1.08. The molecule has 0 unspecified atom stereocenters. The molecule has 0 bridgehead atoms. The van der Waals surface area contributed by atoms with Crippen LogP contribution in [0, 0.1) is 11.7 Å². The quantitative estimate of drug-likeness (QED) is 0.262. The molecule has 8 heteroatoms. The molecule has 1 atom stereocenters. The fraction of sp³-hybridized carbons (Fsp3) is 0.333. The first kappa shape index (κ1) is 23.1. The first-order valence-electron chi connectivity index (χ1n) is 13.3. The van der Waals surface area contributed by atoms with Crippen molar-refractivity contribution in [3.05, 3.63) is 82.9 Å². The van der Waals surface area contributed by atoms with Gasteiger partial charge in [-0.1, -0.05) is 30.3 Å². The van der Waals surface area contributed by atoms with E-state index in [1.165, 1.54) is 17.2 Å². The van der Waals surface area contributed by atoms with Crippen LogP contribution in [-0.2, 0) is 11.2 Å². The lowest BCUT2D eigenvalue weighted by Gasteiger charge is -2.35. The second-order valence-corrected chi connectivity index (χ2v) is 10.6. The van der Waals surface area contributed by atoms with Gasteiger partial charge in [0.05, 0.1) is 17.7 Å². The summed E-state index contributed by atoms with van der Waals surface area (Å²) in [6.45, 7) is 2.68. The predicted octanol–water partition coefficient (Wildman–Crippen LogP) is 5.49. The number of halogens is 1. The Hall–Kier alpha value is -4.07. The summed E-state index contributed by atoms with van der Waals surface area (Å²) in [6, 6.07) is 16.5. The average Bonchev–Trinajstić information content (AvgIpc) is 3.86. The Bertz CT molecular complexity index is 1600. The van der Waals surface area contributed by atoms with E-state index in [0.717, 1.165) is 37.8 Å². The number of amides is 1.